The first-order chi connectivity index (χ1) is 15.0. The van der Waals surface area contributed by atoms with Gasteiger partial charge in [-0.3, -0.25) is 9.59 Å². The van der Waals surface area contributed by atoms with Crippen molar-refractivity contribution >= 4 is 34.1 Å². The molecule has 0 radical (unpaired) electrons. The number of anilines is 1. The number of rotatable bonds is 9. The quantitative estimate of drug-likeness (QED) is 0.345. The van der Waals surface area contributed by atoms with E-state index in [1.807, 2.05) is 37.3 Å². The van der Waals surface area contributed by atoms with E-state index >= 15 is 0 Å². The fourth-order valence-electron chi connectivity index (χ4n) is 3.44. The summed E-state index contributed by atoms with van der Waals surface area (Å²) >= 11 is 6.50. The Morgan fingerprint density at radius 1 is 1.10 bits per heavy atom. The molecule has 6 nitrogen and oxygen atoms in total. The Balaban J connectivity index is 2.15. The molecule has 0 aliphatic rings. The topological polar surface area (TPSA) is 60.8 Å². The van der Waals surface area contributed by atoms with Crippen LogP contribution in [0.2, 0.25) is 5.02 Å². The van der Waals surface area contributed by atoms with E-state index in [2.05, 4.69) is 6.92 Å². The minimum absolute atomic E-state index is 0.0621. The average molecular weight is 443 g/mol. The van der Waals surface area contributed by atoms with E-state index in [4.69, 9.17) is 21.1 Å². The van der Waals surface area contributed by atoms with Crippen molar-refractivity contribution in [2.24, 2.45) is 7.05 Å². The van der Waals surface area contributed by atoms with Gasteiger partial charge >= 0.3 is 0 Å². The maximum absolute atomic E-state index is 13.6. The SMILES string of the molecule is CCCCOCOc1c(C(=O)N(CC)c2ccccc2)c(=O)n(C)c2cccc(Cl)c12. The molecule has 31 heavy (non-hydrogen) atoms. The third kappa shape index (κ3) is 4.75. The lowest BCUT2D eigenvalue weighted by molar-refractivity contribution is 0.0144. The second-order valence-corrected chi connectivity index (χ2v) is 7.52. The van der Waals surface area contributed by atoms with Crippen molar-refractivity contribution in [3.05, 3.63) is 69.5 Å². The maximum Gasteiger partial charge on any atom is 0.267 e. The molecule has 0 aliphatic heterocycles. The second kappa shape index (κ2) is 10.5. The summed E-state index contributed by atoms with van der Waals surface area (Å²) in [5.74, 6) is -0.292. The Kier molecular flexibility index (Phi) is 7.71. The fourth-order valence-corrected chi connectivity index (χ4v) is 3.70. The van der Waals surface area contributed by atoms with Crippen LogP contribution in [0.25, 0.3) is 10.9 Å². The predicted octanol–water partition coefficient (Wildman–Crippen LogP) is 5.01. The number of unbranched alkanes of at least 4 members (excludes halogenated alkanes) is 1. The predicted molar refractivity (Wildman–Crippen MR) is 124 cm³/mol. The van der Waals surface area contributed by atoms with Crippen LogP contribution in [0.4, 0.5) is 5.69 Å². The summed E-state index contributed by atoms with van der Waals surface area (Å²) in [5.41, 5.74) is 0.771. The van der Waals surface area contributed by atoms with Crippen molar-refractivity contribution < 1.29 is 14.3 Å². The molecule has 0 unspecified atom stereocenters. The number of hydrogen-bond donors (Lipinski definition) is 0. The highest BCUT2D eigenvalue weighted by Gasteiger charge is 2.28. The van der Waals surface area contributed by atoms with Crippen LogP contribution in [0, 0.1) is 0 Å². The molecule has 3 aromatic rings. The Bertz CT molecular complexity index is 1110. The largest absolute Gasteiger partial charge is 0.466 e. The lowest BCUT2D eigenvalue weighted by atomic mass is 10.1. The minimum atomic E-state index is -0.447. The second-order valence-electron chi connectivity index (χ2n) is 7.11. The van der Waals surface area contributed by atoms with Crippen molar-refractivity contribution in [2.45, 2.75) is 26.7 Å². The summed E-state index contributed by atoms with van der Waals surface area (Å²) in [5, 5.41) is 0.909. The average Bonchev–Trinajstić information content (AvgIpc) is 2.78. The van der Waals surface area contributed by atoms with Gasteiger partial charge in [0.15, 0.2) is 12.5 Å². The maximum atomic E-state index is 13.6. The number of nitrogens with zero attached hydrogens (tertiary/aromatic N) is 2. The van der Waals surface area contributed by atoms with Gasteiger partial charge in [0.25, 0.3) is 11.5 Å². The zero-order valence-electron chi connectivity index (χ0n) is 18.1. The molecule has 1 amide bonds. The van der Waals surface area contributed by atoms with Crippen LogP contribution in [0.15, 0.2) is 53.3 Å². The lowest BCUT2D eigenvalue weighted by Crippen LogP contribution is -2.37. The molecule has 0 bridgehead atoms. The molecule has 1 aromatic heterocycles. The van der Waals surface area contributed by atoms with Gasteiger partial charge in [-0.2, -0.15) is 0 Å². The summed E-state index contributed by atoms with van der Waals surface area (Å²) in [6.45, 7) is 4.77. The third-order valence-corrected chi connectivity index (χ3v) is 5.41. The number of aryl methyl sites for hydroxylation is 1. The van der Waals surface area contributed by atoms with E-state index in [1.165, 1.54) is 4.57 Å². The number of hydrogen-bond acceptors (Lipinski definition) is 4. The highest BCUT2D eigenvalue weighted by Crippen LogP contribution is 2.34. The van der Waals surface area contributed by atoms with E-state index in [0.29, 0.717) is 34.8 Å². The van der Waals surface area contributed by atoms with E-state index in [0.717, 1.165) is 12.8 Å². The molecule has 0 fully saturated rings. The normalized spacial score (nSPS) is 11.0. The molecule has 3 rings (SSSR count). The summed E-state index contributed by atoms with van der Waals surface area (Å²) in [6.07, 6.45) is 1.89. The highest BCUT2D eigenvalue weighted by molar-refractivity contribution is 6.36. The summed E-state index contributed by atoms with van der Waals surface area (Å²) in [6, 6.07) is 14.5. The number of ether oxygens (including phenoxy) is 2. The van der Waals surface area contributed by atoms with Gasteiger partial charge < -0.3 is 18.9 Å². The van der Waals surface area contributed by atoms with Gasteiger partial charge in [0.2, 0.25) is 0 Å². The van der Waals surface area contributed by atoms with Crippen LogP contribution in [0.5, 0.6) is 5.75 Å². The van der Waals surface area contributed by atoms with Crippen molar-refractivity contribution in [1.82, 2.24) is 4.57 Å². The molecular weight excluding hydrogens is 416 g/mol. The molecular formula is C24H27ClN2O4. The first-order valence-corrected chi connectivity index (χ1v) is 10.8. The van der Waals surface area contributed by atoms with Crippen LogP contribution in [0.1, 0.15) is 37.0 Å². The Hall–Kier alpha value is -2.83. The number of carbonyl (C=O) groups excluding carboxylic acids is 1. The zero-order chi connectivity index (χ0) is 22.4. The molecule has 7 heteroatoms. The standard InChI is InChI=1S/C24H27ClN2O4/c1-4-6-15-30-16-31-22-20-18(25)13-10-14-19(20)26(3)23(28)21(22)24(29)27(5-2)17-11-8-7-9-12-17/h7-14H,4-6,15-16H2,1-3H3. The Morgan fingerprint density at radius 2 is 1.84 bits per heavy atom. The molecule has 2 aromatic carbocycles. The first kappa shape index (κ1) is 22.8. The van der Waals surface area contributed by atoms with Gasteiger partial charge in [-0.25, -0.2) is 0 Å². The summed E-state index contributed by atoms with van der Waals surface area (Å²) < 4.78 is 12.9. The number of amides is 1. The van der Waals surface area contributed by atoms with Crippen LogP contribution < -0.4 is 15.2 Å². The highest BCUT2D eigenvalue weighted by atomic mass is 35.5. The molecule has 0 atom stereocenters. The minimum Gasteiger partial charge on any atom is -0.466 e. The number of pyridine rings is 1. The van der Waals surface area contributed by atoms with Gasteiger partial charge in [0.05, 0.1) is 22.5 Å². The van der Waals surface area contributed by atoms with Gasteiger partial charge in [0, 0.05) is 19.3 Å². The van der Waals surface area contributed by atoms with Crippen LogP contribution >= 0.6 is 11.6 Å². The monoisotopic (exact) mass is 442 g/mol. The van der Waals surface area contributed by atoms with Crippen LogP contribution in [-0.2, 0) is 11.8 Å². The van der Waals surface area contributed by atoms with Crippen molar-refractivity contribution in [3.63, 3.8) is 0 Å². The summed E-state index contributed by atoms with van der Waals surface area (Å²) in [4.78, 5) is 28.4. The summed E-state index contributed by atoms with van der Waals surface area (Å²) in [7, 11) is 1.62. The third-order valence-electron chi connectivity index (χ3n) is 5.10. The number of aromatic nitrogens is 1. The molecule has 0 N–H and O–H groups in total. The molecule has 0 spiro atoms. The van der Waals surface area contributed by atoms with Crippen molar-refractivity contribution in [3.8, 4) is 5.75 Å². The molecule has 0 aliphatic carbocycles. The van der Waals surface area contributed by atoms with Gasteiger partial charge in [0.1, 0.15) is 5.56 Å². The Labute approximate surface area is 186 Å². The Morgan fingerprint density at radius 3 is 2.52 bits per heavy atom. The van der Waals surface area contributed by atoms with Gasteiger partial charge in [-0.15, -0.1) is 0 Å². The van der Waals surface area contributed by atoms with E-state index < -0.39 is 11.5 Å². The molecule has 0 saturated carbocycles. The first-order valence-electron chi connectivity index (χ1n) is 10.4. The number of benzene rings is 2. The molecule has 0 saturated heterocycles. The number of halogens is 1. The van der Waals surface area contributed by atoms with Gasteiger partial charge in [-0.05, 0) is 37.6 Å². The molecule has 164 valence electrons. The molecule has 1 heterocycles. The smallest absolute Gasteiger partial charge is 0.267 e. The van der Waals surface area contributed by atoms with E-state index in [1.54, 1.807) is 30.1 Å². The van der Waals surface area contributed by atoms with Crippen molar-refractivity contribution in [2.75, 3.05) is 24.8 Å². The van der Waals surface area contributed by atoms with E-state index in [-0.39, 0.29) is 18.1 Å². The lowest BCUT2D eigenvalue weighted by Gasteiger charge is -2.23. The number of carbonyl (C=O) groups is 1. The van der Waals surface area contributed by atoms with Crippen LogP contribution in [-0.4, -0.2) is 30.4 Å². The van der Waals surface area contributed by atoms with Crippen molar-refractivity contribution in [1.29, 1.82) is 0 Å². The zero-order valence-corrected chi connectivity index (χ0v) is 18.8. The van der Waals surface area contributed by atoms with Crippen LogP contribution in [0.3, 0.4) is 0 Å². The number of fused-ring (bicyclic) bond motifs is 1. The number of para-hydroxylation sites is 1. The fraction of sp³-hybridized carbons (Fsp3) is 0.333. The van der Waals surface area contributed by atoms with E-state index in [9.17, 15) is 9.59 Å². The van der Waals surface area contributed by atoms with Gasteiger partial charge in [-0.1, -0.05) is 49.2 Å².